The first-order valence-corrected chi connectivity index (χ1v) is 32.4. The van der Waals surface area contributed by atoms with Crippen LogP contribution in [0, 0.1) is 0 Å². The summed E-state index contributed by atoms with van der Waals surface area (Å²) in [6.07, 6.45) is 7.01. The number of hydrogen-bond donors (Lipinski definition) is 9. The molecule has 6 amide bonds. The predicted molar refractivity (Wildman–Crippen MR) is 358 cm³/mol. The van der Waals surface area contributed by atoms with Gasteiger partial charge in [-0.1, -0.05) is 121 Å². The van der Waals surface area contributed by atoms with Gasteiger partial charge in [0.05, 0.1) is 0 Å². The summed E-state index contributed by atoms with van der Waals surface area (Å²) in [6.45, 7) is 22.2. The van der Waals surface area contributed by atoms with E-state index in [9.17, 15) is 33.6 Å². The van der Waals surface area contributed by atoms with Crippen molar-refractivity contribution in [2.24, 2.45) is 5.73 Å². The minimum absolute atomic E-state index is 0.0684. The van der Waals surface area contributed by atoms with Crippen LogP contribution in [0.3, 0.4) is 0 Å². The first-order valence-electron chi connectivity index (χ1n) is 32.4. The van der Waals surface area contributed by atoms with E-state index in [0.29, 0.717) is 51.7 Å². The van der Waals surface area contributed by atoms with Crippen LogP contribution in [0.1, 0.15) is 128 Å². The Labute approximate surface area is 550 Å². The van der Waals surface area contributed by atoms with Crippen molar-refractivity contribution in [3.05, 3.63) is 144 Å². The van der Waals surface area contributed by atoms with Gasteiger partial charge in [0, 0.05) is 70.4 Å². The molecule has 516 valence electrons. The first-order chi connectivity index (χ1) is 44.7. The number of piperidine rings is 3. The van der Waals surface area contributed by atoms with Crippen molar-refractivity contribution in [3.63, 3.8) is 0 Å². The van der Waals surface area contributed by atoms with Gasteiger partial charge in [-0.2, -0.15) is 0 Å². The summed E-state index contributed by atoms with van der Waals surface area (Å²) in [5, 5.41) is 28.1. The summed E-state index contributed by atoms with van der Waals surface area (Å²) in [6, 6.07) is 39.0. The smallest absolute Gasteiger partial charge is 0.407 e. The van der Waals surface area contributed by atoms with Gasteiger partial charge in [-0.3, -0.25) is 0 Å². The van der Waals surface area contributed by atoms with Crippen molar-refractivity contribution >= 4 is 42.8 Å². The highest BCUT2D eigenvalue weighted by molar-refractivity contribution is 5.69. The number of nitrogens with two attached hydrogens (primary N) is 1. The fraction of sp³-hybridized carbons (Fsp3) is 0.551. The van der Waals surface area contributed by atoms with Gasteiger partial charge in [-0.15, -0.1) is 0 Å². The predicted octanol–water partition coefficient (Wildman–Crippen LogP) is 9.08. The van der Waals surface area contributed by atoms with Gasteiger partial charge >= 0.3 is 36.6 Å². The summed E-state index contributed by atoms with van der Waals surface area (Å²) < 4.78 is 30.7. The van der Waals surface area contributed by atoms with Crippen molar-refractivity contribution in [2.45, 2.75) is 162 Å². The van der Waals surface area contributed by atoms with Crippen LogP contribution in [-0.4, -0.2) is 172 Å². The molecule has 3 aliphatic heterocycles. The maximum Gasteiger partial charge on any atom is 0.407 e. The molecule has 0 saturated carbocycles. The number of aldehydes is 1. The number of aliphatic hydroxyl groups is 1. The Kier molecular flexibility index (Phi) is 40.7. The van der Waals surface area contributed by atoms with Gasteiger partial charge < -0.3 is 91.1 Å². The molecule has 3 saturated heterocycles. The van der Waals surface area contributed by atoms with E-state index in [0.717, 1.165) is 132 Å². The fourth-order valence-corrected chi connectivity index (χ4v) is 8.98. The zero-order valence-electron chi connectivity index (χ0n) is 55.7. The van der Waals surface area contributed by atoms with Crippen LogP contribution in [0.4, 0.5) is 28.8 Å². The van der Waals surface area contributed by atoms with Gasteiger partial charge in [0.15, 0.2) is 0 Å². The van der Waals surface area contributed by atoms with Crippen molar-refractivity contribution in [2.75, 3.05) is 85.1 Å². The van der Waals surface area contributed by atoms with Crippen LogP contribution in [-0.2, 0) is 59.6 Å². The van der Waals surface area contributed by atoms with E-state index >= 15 is 0 Å². The van der Waals surface area contributed by atoms with Crippen LogP contribution >= 0.6 is 0 Å². The number of rotatable bonds is 24. The first kappa shape index (κ1) is 79.2. The monoisotopic (exact) mass is 1300 g/mol. The molecule has 0 aliphatic carbocycles. The molecule has 24 heteroatoms. The molecule has 0 aromatic heterocycles. The van der Waals surface area contributed by atoms with E-state index in [1.807, 2.05) is 163 Å². The highest BCUT2D eigenvalue weighted by Crippen LogP contribution is 2.14. The van der Waals surface area contributed by atoms with Crippen molar-refractivity contribution in [1.82, 2.24) is 47.0 Å². The van der Waals surface area contributed by atoms with E-state index < -0.39 is 23.4 Å². The number of carbonyl (C=O) groups excluding carboxylic acids is 7. The van der Waals surface area contributed by atoms with Crippen molar-refractivity contribution in [1.29, 1.82) is 0 Å². The molecule has 4 aromatic carbocycles. The maximum absolute atomic E-state index is 11.8. The van der Waals surface area contributed by atoms with Crippen LogP contribution < -0.4 is 43.0 Å². The van der Waals surface area contributed by atoms with Crippen LogP contribution in [0.5, 0.6) is 0 Å². The van der Waals surface area contributed by atoms with Crippen molar-refractivity contribution < 1.29 is 67.1 Å². The maximum atomic E-state index is 11.8. The molecule has 4 aromatic rings. The zero-order valence-corrected chi connectivity index (χ0v) is 55.7. The number of carbonyl (C=O) groups is 7. The Morgan fingerprint density at radius 1 is 0.473 bits per heavy atom. The lowest BCUT2D eigenvalue weighted by atomic mass is 10.1. The van der Waals surface area contributed by atoms with E-state index in [2.05, 4.69) is 47.0 Å². The van der Waals surface area contributed by atoms with E-state index in [-0.39, 0.29) is 62.9 Å². The highest BCUT2D eigenvalue weighted by atomic mass is 16.6. The van der Waals surface area contributed by atoms with E-state index in [4.69, 9.17) is 39.3 Å². The summed E-state index contributed by atoms with van der Waals surface area (Å²) in [7, 11) is 0. The molecule has 0 radical (unpaired) electrons. The number of alkyl carbamates (subject to hydrolysis) is 6. The Hall–Kier alpha value is -8.03. The number of nitrogens with one attached hydrogen (secondary N) is 7. The molecule has 24 nitrogen and oxygen atoms in total. The Morgan fingerprint density at radius 3 is 1.11 bits per heavy atom. The Balaban J connectivity index is 0.000000312. The van der Waals surface area contributed by atoms with Crippen molar-refractivity contribution in [3.8, 4) is 0 Å². The molecule has 0 atom stereocenters. The molecule has 3 heterocycles. The third-order valence-electron chi connectivity index (χ3n) is 13.8. The number of ether oxygens (including phenoxy) is 6. The molecule has 0 spiro atoms. The lowest BCUT2D eigenvalue weighted by molar-refractivity contribution is -0.107. The lowest BCUT2D eigenvalue weighted by Crippen LogP contribution is -2.46. The van der Waals surface area contributed by atoms with Gasteiger partial charge in [-0.25, -0.2) is 28.8 Å². The molecular weight excluding hydrogens is 1190 g/mol. The van der Waals surface area contributed by atoms with E-state index in [1.54, 1.807) is 0 Å². The third-order valence-corrected chi connectivity index (χ3v) is 13.8. The van der Waals surface area contributed by atoms with Gasteiger partial charge in [0.1, 0.15) is 43.9 Å². The topological polar surface area (TPSA) is 312 Å². The van der Waals surface area contributed by atoms with Gasteiger partial charge in [0.2, 0.25) is 0 Å². The summed E-state index contributed by atoms with van der Waals surface area (Å²) in [4.78, 5) is 83.3. The van der Waals surface area contributed by atoms with Crippen LogP contribution in [0.25, 0.3) is 0 Å². The number of benzene rings is 4. The lowest BCUT2D eigenvalue weighted by Gasteiger charge is -2.32. The second kappa shape index (κ2) is 47.8. The van der Waals surface area contributed by atoms with Gasteiger partial charge in [-0.05, 0) is 161 Å². The minimum atomic E-state index is -0.499. The molecule has 0 unspecified atom stereocenters. The van der Waals surface area contributed by atoms with E-state index in [1.165, 1.54) is 0 Å². The SMILES string of the molecule is CC(C)(C)OC(=O)NC1CCN(CCCNC(=O)OCc2ccccc2)CC1.CC(C)(C)OC(=O)NC1CCNCC1.NC1CCN(CCCNC(=O)OCc2ccccc2)CC1.O=C(NCCCO)OCc1ccccc1.O=CCCNC(=O)OCc1ccccc1. The second-order valence-electron chi connectivity index (χ2n) is 24.3. The fourth-order valence-electron chi connectivity index (χ4n) is 8.98. The quantitative estimate of drug-likeness (QED) is 0.0179. The van der Waals surface area contributed by atoms with Crippen LogP contribution in [0.15, 0.2) is 121 Å². The Bertz CT molecular complexity index is 2630. The number of hydrogen-bond acceptors (Lipinski definition) is 18. The molecule has 10 N–H and O–H groups in total. The zero-order chi connectivity index (χ0) is 67.8. The summed E-state index contributed by atoms with van der Waals surface area (Å²) in [5.74, 6) is 0. The summed E-state index contributed by atoms with van der Waals surface area (Å²) >= 11 is 0. The van der Waals surface area contributed by atoms with Gasteiger partial charge in [0.25, 0.3) is 0 Å². The normalized spacial score (nSPS) is 14.4. The Morgan fingerprint density at radius 2 is 0.785 bits per heavy atom. The largest absolute Gasteiger partial charge is 0.445 e. The number of nitrogens with zero attached hydrogens (tertiary/aromatic N) is 2. The number of aliphatic hydroxyl groups excluding tert-OH is 1. The number of likely N-dealkylation sites (tertiary alicyclic amines) is 2. The standard InChI is InChI=1S/C21H33N3O4.C16H25N3O2.C11H15NO3.C11H13NO3.C10H20N2O2/c1-21(2,3)28-20(26)23-18-10-14-24(15-11-18)13-7-12-22-19(25)27-16-17-8-5-4-6-9-17;17-15-7-11-19(12-8-15)10-4-9-18-16(20)21-13-14-5-2-1-3-6-14;2*13-8-4-7-12-11(14)15-9-10-5-2-1-3-6-10;1-10(2,3)14-9(13)12-8-4-6-11-7-5-8/h4-6,8-9,18H,7,10-16H2,1-3H3,(H,22,25)(H,23,26);1-3,5-6,15H,4,7-13,17H2,(H,18,20);1-3,5-6,13H,4,7-9H2,(H,12,14);1-3,5-6,8H,4,7,9H2,(H,12,14);8,11H,4-7H2,1-3H3,(H,12,13). The molecule has 3 aliphatic rings. The average molecular weight is 1300 g/mol. The summed E-state index contributed by atoms with van der Waals surface area (Å²) in [5.41, 5.74) is 8.85. The molecule has 3 fully saturated rings. The minimum Gasteiger partial charge on any atom is -0.445 e. The third kappa shape index (κ3) is 43.4. The molecule has 7 rings (SSSR count). The highest BCUT2D eigenvalue weighted by Gasteiger charge is 2.24. The van der Waals surface area contributed by atoms with Crippen LogP contribution in [0.2, 0.25) is 0 Å². The average Bonchev–Trinajstić information content (AvgIpc) is 3.28. The molecule has 93 heavy (non-hydrogen) atoms. The molecular formula is C69H106N10O14. The molecule has 0 bridgehead atoms. The second-order valence-corrected chi connectivity index (χ2v) is 24.3. The number of amides is 6.